The molecule has 0 radical (unpaired) electrons. The average molecular weight is 388 g/mol. The zero-order valence-corrected chi connectivity index (χ0v) is 16.8. The number of nitrogens with one attached hydrogen (secondary N) is 1. The van der Waals surface area contributed by atoms with Crippen LogP contribution in [0.2, 0.25) is 0 Å². The van der Waals surface area contributed by atoms with Crippen LogP contribution in [-0.2, 0) is 22.4 Å². The summed E-state index contributed by atoms with van der Waals surface area (Å²) in [5.41, 5.74) is 3.85. The molecular weight excluding hydrogens is 362 g/mol. The van der Waals surface area contributed by atoms with E-state index in [9.17, 15) is 9.59 Å². The zero-order valence-electron chi connectivity index (χ0n) is 16.0. The van der Waals surface area contributed by atoms with Crippen LogP contribution in [-0.4, -0.2) is 25.1 Å². The highest BCUT2D eigenvalue weighted by Crippen LogP contribution is 2.38. The van der Waals surface area contributed by atoms with Crippen LogP contribution in [0.1, 0.15) is 51.7 Å². The van der Waals surface area contributed by atoms with Crippen molar-refractivity contribution in [2.24, 2.45) is 0 Å². The molecule has 1 N–H and O–H groups in total. The summed E-state index contributed by atoms with van der Waals surface area (Å²) in [4.78, 5) is 26.0. The first-order valence-electron chi connectivity index (χ1n) is 9.31. The predicted octanol–water partition coefficient (Wildman–Crippen LogP) is 4.44. The lowest BCUT2D eigenvalue weighted by atomic mass is 9.95. The smallest absolute Gasteiger partial charge is 0.341 e. The molecular formula is C21H25NO4S. The van der Waals surface area contributed by atoms with Gasteiger partial charge >= 0.3 is 5.97 Å². The number of carbonyl (C=O) groups excluding carboxylic acids is 2. The van der Waals surface area contributed by atoms with E-state index >= 15 is 0 Å². The number of fused-ring (bicyclic) bond motifs is 1. The Morgan fingerprint density at radius 2 is 1.93 bits per heavy atom. The highest BCUT2D eigenvalue weighted by molar-refractivity contribution is 7.17. The minimum absolute atomic E-state index is 0.104. The summed E-state index contributed by atoms with van der Waals surface area (Å²) in [6, 6.07) is 5.73. The normalized spacial score (nSPS) is 13.0. The Bertz CT molecular complexity index is 856. The zero-order chi connectivity index (χ0) is 19.4. The maximum Gasteiger partial charge on any atom is 0.341 e. The van der Waals surface area contributed by atoms with Crippen molar-refractivity contribution in [3.63, 3.8) is 0 Å². The first-order valence-corrected chi connectivity index (χ1v) is 10.1. The van der Waals surface area contributed by atoms with Crippen LogP contribution in [0.15, 0.2) is 18.2 Å². The standard InChI is InChI=1S/C21H25NO4S/c1-4-25-21(24)19-16-7-5-6-8-17(16)27-20(19)22-18(23)12-26-15-10-9-13(2)14(3)11-15/h9-11H,4-8,12H2,1-3H3,(H,22,23). The van der Waals surface area contributed by atoms with E-state index in [-0.39, 0.29) is 18.5 Å². The number of carbonyl (C=O) groups is 2. The number of aryl methyl sites for hydroxylation is 3. The van der Waals surface area contributed by atoms with Crippen LogP contribution in [0.4, 0.5) is 5.00 Å². The number of esters is 1. The summed E-state index contributed by atoms with van der Waals surface area (Å²) in [5.74, 6) is 0.0176. The lowest BCUT2D eigenvalue weighted by Gasteiger charge is -2.12. The first kappa shape index (κ1) is 19.4. The van der Waals surface area contributed by atoms with E-state index in [1.54, 1.807) is 6.92 Å². The van der Waals surface area contributed by atoms with Crippen LogP contribution >= 0.6 is 11.3 Å². The first-order chi connectivity index (χ1) is 13.0. The molecule has 144 valence electrons. The monoisotopic (exact) mass is 387 g/mol. The lowest BCUT2D eigenvalue weighted by Crippen LogP contribution is -2.21. The molecule has 0 saturated carbocycles. The van der Waals surface area contributed by atoms with Gasteiger partial charge in [-0.2, -0.15) is 0 Å². The van der Waals surface area contributed by atoms with Gasteiger partial charge in [-0.15, -0.1) is 11.3 Å². The third kappa shape index (κ3) is 4.50. The van der Waals surface area contributed by atoms with Gasteiger partial charge in [-0.3, -0.25) is 4.79 Å². The van der Waals surface area contributed by atoms with Crippen LogP contribution in [0.3, 0.4) is 0 Å². The predicted molar refractivity (Wildman–Crippen MR) is 107 cm³/mol. The molecule has 27 heavy (non-hydrogen) atoms. The molecule has 2 aromatic rings. The second-order valence-corrected chi connectivity index (χ2v) is 7.82. The fraction of sp³-hybridized carbons (Fsp3) is 0.429. The van der Waals surface area contributed by atoms with Gasteiger partial charge in [-0.1, -0.05) is 6.07 Å². The molecule has 0 atom stereocenters. The van der Waals surface area contributed by atoms with E-state index in [1.807, 2.05) is 32.0 Å². The number of benzene rings is 1. The minimum atomic E-state index is -0.359. The van der Waals surface area contributed by atoms with Gasteiger partial charge in [0.1, 0.15) is 10.8 Å². The van der Waals surface area contributed by atoms with Crippen molar-refractivity contribution in [3.05, 3.63) is 45.3 Å². The third-order valence-electron chi connectivity index (χ3n) is 4.75. The van der Waals surface area contributed by atoms with Gasteiger partial charge in [0.15, 0.2) is 6.61 Å². The molecule has 0 bridgehead atoms. The molecule has 1 aliphatic carbocycles. The molecule has 1 amide bonds. The topological polar surface area (TPSA) is 64.6 Å². The molecule has 1 heterocycles. The molecule has 0 fully saturated rings. The fourth-order valence-corrected chi connectivity index (χ4v) is 4.48. The summed E-state index contributed by atoms with van der Waals surface area (Å²) < 4.78 is 10.8. The molecule has 5 nitrogen and oxygen atoms in total. The number of amides is 1. The highest BCUT2D eigenvalue weighted by atomic mass is 32.1. The summed E-state index contributed by atoms with van der Waals surface area (Å²) >= 11 is 1.48. The summed E-state index contributed by atoms with van der Waals surface area (Å²) in [7, 11) is 0. The molecule has 6 heteroatoms. The van der Waals surface area contributed by atoms with Gasteiger partial charge in [-0.05, 0) is 75.3 Å². The number of anilines is 1. The van der Waals surface area contributed by atoms with E-state index in [1.165, 1.54) is 21.8 Å². The van der Waals surface area contributed by atoms with E-state index in [2.05, 4.69) is 5.32 Å². The van der Waals surface area contributed by atoms with Crippen LogP contribution in [0.5, 0.6) is 5.75 Å². The Morgan fingerprint density at radius 1 is 1.15 bits per heavy atom. The van der Waals surface area contributed by atoms with Gasteiger partial charge in [0.2, 0.25) is 0 Å². The fourth-order valence-electron chi connectivity index (χ4n) is 3.19. The van der Waals surface area contributed by atoms with Crippen molar-refractivity contribution in [2.75, 3.05) is 18.5 Å². The van der Waals surface area contributed by atoms with Crippen LogP contribution in [0, 0.1) is 13.8 Å². The number of hydrogen-bond acceptors (Lipinski definition) is 5. The van der Waals surface area contributed by atoms with Crippen molar-refractivity contribution in [2.45, 2.75) is 46.5 Å². The molecule has 3 rings (SSSR count). The van der Waals surface area contributed by atoms with E-state index in [0.717, 1.165) is 36.8 Å². The Labute approximate surface area is 163 Å². The number of ether oxygens (including phenoxy) is 2. The molecule has 0 saturated heterocycles. The highest BCUT2D eigenvalue weighted by Gasteiger charge is 2.27. The lowest BCUT2D eigenvalue weighted by molar-refractivity contribution is -0.118. The van der Waals surface area contributed by atoms with Crippen molar-refractivity contribution in [1.82, 2.24) is 0 Å². The van der Waals surface area contributed by atoms with E-state index < -0.39 is 0 Å². The van der Waals surface area contributed by atoms with Gasteiger partial charge in [-0.25, -0.2) is 4.79 Å². The molecule has 0 spiro atoms. The Balaban J connectivity index is 1.72. The third-order valence-corrected chi connectivity index (χ3v) is 5.96. The van der Waals surface area contributed by atoms with Gasteiger partial charge in [0.25, 0.3) is 5.91 Å². The van der Waals surface area contributed by atoms with E-state index in [0.29, 0.717) is 22.9 Å². The van der Waals surface area contributed by atoms with Gasteiger partial charge < -0.3 is 14.8 Å². The SMILES string of the molecule is CCOC(=O)c1c(NC(=O)COc2ccc(C)c(C)c2)sc2c1CCCC2. The summed E-state index contributed by atoms with van der Waals surface area (Å²) in [6.07, 6.45) is 3.97. The van der Waals surface area contributed by atoms with Crippen molar-refractivity contribution in [3.8, 4) is 5.75 Å². The maximum absolute atomic E-state index is 12.4. The number of thiophene rings is 1. The molecule has 0 unspecified atom stereocenters. The van der Waals surface area contributed by atoms with Gasteiger partial charge in [0.05, 0.1) is 12.2 Å². The maximum atomic E-state index is 12.4. The van der Waals surface area contributed by atoms with Crippen molar-refractivity contribution >= 4 is 28.2 Å². The second-order valence-electron chi connectivity index (χ2n) is 6.72. The summed E-state index contributed by atoms with van der Waals surface area (Å²) in [6.45, 7) is 6.03. The molecule has 0 aliphatic heterocycles. The van der Waals surface area contributed by atoms with Crippen LogP contribution in [0.25, 0.3) is 0 Å². The van der Waals surface area contributed by atoms with Crippen LogP contribution < -0.4 is 10.1 Å². The molecule has 1 aromatic heterocycles. The van der Waals surface area contributed by atoms with Crippen molar-refractivity contribution in [1.29, 1.82) is 0 Å². The minimum Gasteiger partial charge on any atom is -0.484 e. The van der Waals surface area contributed by atoms with Crippen molar-refractivity contribution < 1.29 is 19.1 Å². The molecule has 1 aromatic carbocycles. The summed E-state index contributed by atoms with van der Waals surface area (Å²) in [5, 5.41) is 3.43. The largest absolute Gasteiger partial charge is 0.484 e. The second kappa shape index (κ2) is 8.57. The van der Waals surface area contributed by atoms with E-state index in [4.69, 9.17) is 9.47 Å². The average Bonchev–Trinajstić information content (AvgIpc) is 3.00. The number of hydrogen-bond donors (Lipinski definition) is 1. The van der Waals surface area contributed by atoms with Gasteiger partial charge in [0, 0.05) is 4.88 Å². The number of rotatable bonds is 6. The molecule has 1 aliphatic rings. The quantitative estimate of drug-likeness (QED) is 0.745. The Hall–Kier alpha value is -2.34. The Morgan fingerprint density at radius 3 is 2.67 bits per heavy atom. The Kier molecular flexibility index (Phi) is 6.16.